The number of hydrogen-bond donors (Lipinski definition) is 2. The van der Waals surface area contributed by atoms with Gasteiger partial charge in [-0.15, -0.1) is 0 Å². The van der Waals surface area contributed by atoms with E-state index in [4.69, 9.17) is 11.5 Å². The fraction of sp³-hybridized carbons (Fsp3) is 0.700. The molecule has 0 fully saturated rings. The topological polar surface area (TPSA) is 104 Å². The van der Waals surface area contributed by atoms with Crippen LogP contribution in [0, 0.1) is 0 Å². The van der Waals surface area contributed by atoms with Gasteiger partial charge in [-0.25, -0.2) is 13.1 Å². The Balaban J connectivity index is 2.81. The van der Waals surface area contributed by atoms with Crippen molar-refractivity contribution in [3.05, 3.63) is 0 Å². The molecule has 0 aromatic carbocycles. The van der Waals surface area contributed by atoms with E-state index in [-0.39, 0.29) is 16.5 Å². The summed E-state index contributed by atoms with van der Waals surface area (Å²) in [6.07, 6.45) is 5.36. The van der Waals surface area contributed by atoms with Crippen LogP contribution >= 0.6 is 0 Å². The Morgan fingerprint density at radius 1 is 1.24 bits per heavy atom. The molecule has 4 N–H and O–H groups in total. The van der Waals surface area contributed by atoms with Crippen molar-refractivity contribution < 1.29 is 8.42 Å². The molecule has 0 amide bonds. The largest absolute Gasteiger partial charge is 0.393 e. The molecule has 7 heteroatoms. The molecule has 1 aromatic heterocycles. The lowest BCUT2D eigenvalue weighted by Crippen LogP contribution is -2.06. The van der Waals surface area contributed by atoms with Crippen molar-refractivity contribution in [1.82, 2.24) is 9.78 Å². The van der Waals surface area contributed by atoms with E-state index in [9.17, 15) is 8.42 Å². The van der Waals surface area contributed by atoms with Crippen LogP contribution in [-0.2, 0) is 16.4 Å². The summed E-state index contributed by atoms with van der Waals surface area (Å²) in [5, 5.41) is 3.84. The molecule has 98 valence electrons. The minimum absolute atomic E-state index is 0.0583. The molecule has 1 heterocycles. The maximum Gasteiger partial charge on any atom is 0.201 e. The first kappa shape index (κ1) is 13.8. The number of nitrogen functional groups attached to an aromatic ring is 2. The summed E-state index contributed by atoms with van der Waals surface area (Å²) in [6, 6.07) is 0. The third-order valence-electron chi connectivity index (χ3n) is 2.57. The van der Waals surface area contributed by atoms with E-state index in [1.165, 1.54) is 4.68 Å². The smallest absolute Gasteiger partial charge is 0.201 e. The zero-order valence-corrected chi connectivity index (χ0v) is 11.1. The average molecular weight is 260 g/mol. The third-order valence-corrected chi connectivity index (χ3v) is 3.57. The first-order chi connectivity index (χ1) is 7.88. The van der Waals surface area contributed by atoms with Gasteiger partial charge in [0, 0.05) is 12.8 Å². The lowest BCUT2D eigenvalue weighted by Gasteiger charge is -2.03. The number of rotatable bonds is 6. The van der Waals surface area contributed by atoms with E-state index in [2.05, 4.69) is 12.0 Å². The molecule has 0 saturated heterocycles. The lowest BCUT2D eigenvalue weighted by atomic mass is 10.2. The quantitative estimate of drug-likeness (QED) is 0.743. The molecule has 1 rings (SSSR count). The molecule has 0 aliphatic heterocycles. The van der Waals surface area contributed by atoms with Crippen LogP contribution in [0.5, 0.6) is 0 Å². The summed E-state index contributed by atoms with van der Waals surface area (Å²) in [4.78, 5) is 0. The van der Waals surface area contributed by atoms with Crippen molar-refractivity contribution >= 4 is 21.3 Å². The van der Waals surface area contributed by atoms with Crippen molar-refractivity contribution in [2.24, 2.45) is 0 Å². The maximum atomic E-state index is 11.4. The first-order valence-corrected chi connectivity index (χ1v) is 7.59. The summed E-state index contributed by atoms with van der Waals surface area (Å²) in [7, 11) is -3.41. The molecule has 0 aliphatic rings. The highest BCUT2D eigenvalue weighted by Crippen LogP contribution is 2.24. The van der Waals surface area contributed by atoms with Gasteiger partial charge in [0.15, 0.2) is 9.84 Å². The molecule has 6 nitrogen and oxygen atoms in total. The Bertz CT molecular complexity index is 479. The second-order valence-electron chi connectivity index (χ2n) is 4.16. The standard InChI is InChI=1S/C10H20N4O2S/c1-3-4-5-6-7-14-9(12)8(11)10(13-14)17(2,15)16/h3-7,11-12H2,1-2H3. The van der Waals surface area contributed by atoms with Gasteiger partial charge in [0.2, 0.25) is 5.03 Å². The second-order valence-corrected chi connectivity index (χ2v) is 6.09. The molecule has 17 heavy (non-hydrogen) atoms. The van der Waals surface area contributed by atoms with Crippen LogP contribution in [0.3, 0.4) is 0 Å². The van der Waals surface area contributed by atoms with Crippen LogP contribution in [0.15, 0.2) is 5.03 Å². The minimum atomic E-state index is -3.41. The Labute approximate surface area is 102 Å². The Hall–Kier alpha value is -1.24. The molecule has 0 radical (unpaired) electrons. The number of aromatic nitrogens is 2. The van der Waals surface area contributed by atoms with E-state index >= 15 is 0 Å². The summed E-state index contributed by atoms with van der Waals surface area (Å²) in [5.41, 5.74) is 11.4. The zero-order chi connectivity index (χ0) is 13.1. The summed E-state index contributed by atoms with van der Waals surface area (Å²) >= 11 is 0. The van der Waals surface area contributed by atoms with Crippen LogP contribution in [0.2, 0.25) is 0 Å². The van der Waals surface area contributed by atoms with Gasteiger partial charge in [-0.05, 0) is 6.42 Å². The average Bonchev–Trinajstić information content (AvgIpc) is 2.51. The first-order valence-electron chi connectivity index (χ1n) is 5.69. The Morgan fingerprint density at radius 2 is 1.88 bits per heavy atom. The monoisotopic (exact) mass is 260 g/mol. The highest BCUT2D eigenvalue weighted by molar-refractivity contribution is 7.90. The summed E-state index contributed by atoms with van der Waals surface area (Å²) in [5.74, 6) is 0.238. The van der Waals surface area contributed by atoms with E-state index in [0.717, 1.165) is 31.9 Å². The van der Waals surface area contributed by atoms with Crippen LogP contribution in [0.1, 0.15) is 32.6 Å². The fourth-order valence-electron chi connectivity index (χ4n) is 1.60. The maximum absolute atomic E-state index is 11.4. The summed E-state index contributed by atoms with van der Waals surface area (Å²) in [6.45, 7) is 2.73. The number of anilines is 2. The molecule has 0 unspecified atom stereocenters. The number of nitrogens with two attached hydrogens (primary N) is 2. The molecule has 0 aliphatic carbocycles. The zero-order valence-electron chi connectivity index (χ0n) is 10.3. The van der Waals surface area contributed by atoms with Crippen LogP contribution < -0.4 is 11.5 Å². The fourth-order valence-corrected chi connectivity index (χ4v) is 2.35. The predicted octanol–water partition coefficient (Wildman–Crippen LogP) is 1.03. The number of unbranched alkanes of at least 4 members (excludes halogenated alkanes) is 3. The number of sulfone groups is 1. The van der Waals surface area contributed by atoms with E-state index in [1.807, 2.05) is 0 Å². The van der Waals surface area contributed by atoms with E-state index in [0.29, 0.717) is 6.54 Å². The molecule has 0 saturated carbocycles. The summed E-state index contributed by atoms with van der Waals surface area (Å²) < 4.78 is 24.2. The van der Waals surface area contributed by atoms with Gasteiger partial charge in [-0.2, -0.15) is 5.10 Å². The highest BCUT2D eigenvalue weighted by atomic mass is 32.2. The van der Waals surface area contributed by atoms with Crippen molar-refractivity contribution in [2.75, 3.05) is 17.7 Å². The van der Waals surface area contributed by atoms with Gasteiger partial charge in [0.05, 0.1) is 0 Å². The van der Waals surface area contributed by atoms with Crippen molar-refractivity contribution in [2.45, 2.75) is 44.2 Å². The van der Waals surface area contributed by atoms with Gasteiger partial charge < -0.3 is 11.5 Å². The third kappa shape index (κ3) is 3.36. The molecule has 0 spiro atoms. The molecular formula is C10H20N4O2S. The Kier molecular flexibility index (Phi) is 4.39. The van der Waals surface area contributed by atoms with Crippen LogP contribution in [0.4, 0.5) is 11.5 Å². The SMILES string of the molecule is CCCCCCn1nc(S(C)(=O)=O)c(N)c1N. The Morgan fingerprint density at radius 3 is 2.35 bits per heavy atom. The van der Waals surface area contributed by atoms with Crippen LogP contribution in [0.25, 0.3) is 0 Å². The normalized spacial score (nSPS) is 11.9. The number of hydrogen-bond acceptors (Lipinski definition) is 5. The van der Waals surface area contributed by atoms with Crippen LogP contribution in [-0.4, -0.2) is 24.5 Å². The molecule has 1 aromatic rings. The van der Waals surface area contributed by atoms with Gasteiger partial charge >= 0.3 is 0 Å². The molecule has 0 atom stereocenters. The van der Waals surface area contributed by atoms with Crippen molar-refractivity contribution in [3.8, 4) is 0 Å². The van der Waals surface area contributed by atoms with Crippen molar-refractivity contribution in [3.63, 3.8) is 0 Å². The van der Waals surface area contributed by atoms with E-state index in [1.54, 1.807) is 0 Å². The minimum Gasteiger partial charge on any atom is -0.393 e. The molecular weight excluding hydrogens is 240 g/mol. The number of aryl methyl sites for hydroxylation is 1. The van der Waals surface area contributed by atoms with Gasteiger partial charge in [-0.3, -0.25) is 0 Å². The van der Waals surface area contributed by atoms with Gasteiger partial charge in [0.25, 0.3) is 0 Å². The molecule has 0 bridgehead atoms. The lowest BCUT2D eigenvalue weighted by molar-refractivity contribution is 0.534. The predicted molar refractivity (Wildman–Crippen MR) is 68.3 cm³/mol. The number of nitrogens with zero attached hydrogens (tertiary/aromatic N) is 2. The van der Waals surface area contributed by atoms with Crippen molar-refractivity contribution in [1.29, 1.82) is 0 Å². The van der Waals surface area contributed by atoms with E-state index < -0.39 is 9.84 Å². The van der Waals surface area contributed by atoms with Gasteiger partial charge in [0.1, 0.15) is 11.5 Å². The highest BCUT2D eigenvalue weighted by Gasteiger charge is 2.20. The second kappa shape index (κ2) is 5.39. The van der Waals surface area contributed by atoms with Gasteiger partial charge in [-0.1, -0.05) is 26.2 Å².